The fourth-order valence-electron chi connectivity index (χ4n) is 4.07. The summed E-state index contributed by atoms with van der Waals surface area (Å²) >= 11 is 0. The highest BCUT2D eigenvalue weighted by molar-refractivity contribution is 5.79. The molecular formula is C22H35FN2O. The van der Waals surface area contributed by atoms with E-state index in [0.29, 0.717) is 24.8 Å². The lowest BCUT2D eigenvalue weighted by Gasteiger charge is -2.30. The standard InChI is InChI=1S/C22H35FN2O/c1-16(2)14-20(21(24)15-18-6-4-3-5-7-18)22(26)25-13-12-17-8-10-19(23)11-9-17/h8-11,16,18,20-21H,3-7,12-15,24H2,1-2H3,(H,25,26)/t20?,21-/m1/s1. The number of nitrogens with two attached hydrogens (primary N) is 1. The molecule has 1 aliphatic carbocycles. The van der Waals surface area contributed by atoms with Crippen LogP contribution in [0.25, 0.3) is 0 Å². The Bertz CT molecular complexity index is 538. The minimum absolute atomic E-state index is 0.0636. The van der Waals surface area contributed by atoms with E-state index >= 15 is 0 Å². The van der Waals surface area contributed by atoms with Crippen molar-refractivity contribution in [1.29, 1.82) is 0 Å². The number of hydrogen-bond donors (Lipinski definition) is 2. The van der Waals surface area contributed by atoms with Gasteiger partial charge < -0.3 is 11.1 Å². The smallest absolute Gasteiger partial charge is 0.224 e. The first-order chi connectivity index (χ1) is 12.5. The third-order valence-corrected chi connectivity index (χ3v) is 5.54. The molecule has 0 bridgehead atoms. The Kier molecular flexibility index (Phi) is 8.56. The summed E-state index contributed by atoms with van der Waals surface area (Å²) in [4.78, 5) is 12.8. The van der Waals surface area contributed by atoms with E-state index in [1.54, 1.807) is 12.1 Å². The molecule has 3 nitrogen and oxygen atoms in total. The second-order valence-electron chi connectivity index (χ2n) is 8.31. The molecule has 26 heavy (non-hydrogen) atoms. The molecule has 0 heterocycles. The fourth-order valence-corrected chi connectivity index (χ4v) is 4.07. The molecule has 1 aromatic carbocycles. The zero-order valence-electron chi connectivity index (χ0n) is 16.3. The molecule has 1 unspecified atom stereocenters. The quantitative estimate of drug-likeness (QED) is 0.682. The highest BCUT2D eigenvalue weighted by atomic mass is 19.1. The van der Waals surface area contributed by atoms with Crippen molar-refractivity contribution in [1.82, 2.24) is 5.32 Å². The molecule has 0 aliphatic heterocycles. The number of hydrogen-bond acceptors (Lipinski definition) is 2. The molecule has 2 atom stereocenters. The first kappa shape index (κ1) is 20.9. The summed E-state index contributed by atoms with van der Waals surface area (Å²) in [6.07, 6.45) is 8.96. The Morgan fingerprint density at radius 1 is 1.19 bits per heavy atom. The van der Waals surface area contributed by atoms with Crippen LogP contribution >= 0.6 is 0 Å². The van der Waals surface area contributed by atoms with Gasteiger partial charge in [-0.15, -0.1) is 0 Å². The van der Waals surface area contributed by atoms with E-state index in [0.717, 1.165) is 18.4 Å². The van der Waals surface area contributed by atoms with Gasteiger partial charge in [-0.05, 0) is 48.8 Å². The number of benzene rings is 1. The van der Waals surface area contributed by atoms with Gasteiger partial charge in [0.1, 0.15) is 5.82 Å². The van der Waals surface area contributed by atoms with Crippen LogP contribution in [0.1, 0.15) is 64.4 Å². The molecule has 1 saturated carbocycles. The van der Waals surface area contributed by atoms with Crippen molar-refractivity contribution in [2.24, 2.45) is 23.5 Å². The topological polar surface area (TPSA) is 55.1 Å². The molecule has 0 aromatic heterocycles. The Morgan fingerprint density at radius 3 is 2.46 bits per heavy atom. The Morgan fingerprint density at radius 2 is 1.85 bits per heavy atom. The molecule has 1 fully saturated rings. The molecular weight excluding hydrogens is 327 g/mol. The summed E-state index contributed by atoms with van der Waals surface area (Å²) in [5.41, 5.74) is 7.52. The van der Waals surface area contributed by atoms with E-state index in [9.17, 15) is 9.18 Å². The number of halogens is 1. The third-order valence-electron chi connectivity index (χ3n) is 5.54. The number of amides is 1. The van der Waals surface area contributed by atoms with Crippen LogP contribution in [0.2, 0.25) is 0 Å². The predicted molar refractivity (Wildman–Crippen MR) is 105 cm³/mol. The lowest BCUT2D eigenvalue weighted by atomic mass is 9.80. The third kappa shape index (κ3) is 7.06. The summed E-state index contributed by atoms with van der Waals surface area (Å²) in [6, 6.07) is 6.38. The summed E-state index contributed by atoms with van der Waals surface area (Å²) in [7, 11) is 0. The van der Waals surface area contributed by atoms with E-state index in [4.69, 9.17) is 5.73 Å². The van der Waals surface area contributed by atoms with E-state index < -0.39 is 0 Å². The predicted octanol–water partition coefficient (Wildman–Crippen LogP) is 4.44. The van der Waals surface area contributed by atoms with Crippen molar-refractivity contribution < 1.29 is 9.18 Å². The van der Waals surface area contributed by atoms with Crippen molar-refractivity contribution in [3.8, 4) is 0 Å². The van der Waals surface area contributed by atoms with E-state index in [-0.39, 0.29) is 23.7 Å². The minimum Gasteiger partial charge on any atom is -0.355 e. The summed E-state index contributed by atoms with van der Waals surface area (Å²) < 4.78 is 13.0. The Hall–Kier alpha value is -1.42. The maximum Gasteiger partial charge on any atom is 0.224 e. The maximum absolute atomic E-state index is 13.0. The van der Waals surface area contributed by atoms with Gasteiger partial charge in [0.2, 0.25) is 5.91 Å². The number of nitrogens with one attached hydrogen (secondary N) is 1. The largest absolute Gasteiger partial charge is 0.355 e. The lowest BCUT2D eigenvalue weighted by Crippen LogP contribution is -2.44. The van der Waals surface area contributed by atoms with Gasteiger partial charge >= 0.3 is 0 Å². The van der Waals surface area contributed by atoms with Crippen LogP contribution < -0.4 is 11.1 Å². The molecule has 1 aromatic rings. The molecule has 2 rings (SSSR count). The van der Waals surface area contributed by atoms with Crippen LogP contribution in [-0.4, -0.2) is 18.5 Å². The monoisotopic (exact) mass is 362 g/mol. The van der Waals surface area contributed by atoms with Crippen LogP contribution in [0.5, 0.6) is 0 Å². The molecule has 4 heteroatoms. The summed E-state index contributed by atoms with van der Waals surface area (Å²) in [5, 5.41) is 3.06. The SMILES string of the molecule is CC(C)CC(C(=O)NCCc1ccc(F)cc1)[C@H](N)CC1CCCCC1. The van der Waals surface area contributed by atoms with Crippen molar-refractivity contribution in [2.45, 2.75) is 71.3 Å². The van der Waals surface area contributed by atoms with Gasteiger partial charge in [-0.25, -0.2) is 4.39 Å². The molecule has 3 N–H and O–H groups in total. The maximum atomic E-state index is 13.0. The van der Waals surface area contributed by atoms with Gasteiger partial charge in [0.05, 0.1) is 5.92 Å². The van der Waals surface area contributed by atoms with E-state index in [1.165, 1.54) is 44.2 Å². The average Bonchev–Trinajstić information content (AvgIpc) is 2.62. The van der Waals surface area contributed by atoms with Crippen LogP contribution in [0.3, 0.4) is 0 Å². The van der Waals surface area contributed by atoms with Gasteiger partial charge in [0.25, 0.3) is 0 Å². The molecule has 0 radical (unpaired) electrons. The zero-order valence-corrected chi connectivity index (χ0v) is 16.3. The number of rotatable bonds is 9. The zero-order chi connectivity index (χ0) is 18.9. The second kappa shape index (κ2) is 10.7. The highest BCUT2D eigenvalue weighted by Crippen LogP contribution is 2.29. The van der Waals surface area contributed by atoms with E-state index in [1.807, 2.05) is 0 Å². The Labute approximate surface area is 157 Å². The molecule has 0 saturated heterocycles. The number of carbonyl (C=O) groups is 1. The van der Waals surface area contributed by atoms with Crippen molar-refractivity contribution in [3.63, 3.8) is 0 Å². The van der Waals surface area contributed by atoms with Gasteiger partial charge in [-0.3, -0.25) is 4.79 Å². The first-order valence-corrected chi connectivity index (χ1v) is 10.2. The van der Waals surface area contributed by atoms with Crippen LogP contribution in [0.4, 0.5) is 4.39 Å². The van der Waals surface area contributed by atoms with Crippen molar-refractivity contribution >= 4 is 5.91 Å². The van der Waals surface area contributed by atoms with Crippen LogP contribution in [0.15, 0.2) is 24.3 Å². The van der Waals surface area contributed by atoms with Crippen LogP contribution in [0, 0.1) is 23.6 Å². The number of carbonyl (C=O) groups excluding carboxylic acids is 1. The van der Waals surface area contributed by atoms with E-state index in [2.05, 4.69) is 19.2 Å². The summed E-state index contributed by atoms with van der Waals surface area (Å²) in [6.45, 7) is 4.85. The molecule has 1 aliphatic rings. The summed E-state index contributed by atoms with van der Waals surface area (Å²) in [5.74, 6) is 0.846. The molecule has 146 valence electrons. The van der Waals surface area contributed by atoms with Crippen LogP contribution in [-0.2, 0) is 11.2 Å². The molecule has 0 spiro atoms. The van der Waals surface area contributed by atoms with Gasteiger partial charge in [0, 0.05) is 12.6 Å². The molecule has 1 amide bonds. The fraction of sp³-hybridized carbons (Fsp3) is 0.682. The van der Waals surface area contributed by atoms with Gasteiger partial charge in [-0.2, -0.15) is 0 Å². The lowest BCUT2D eigenvalue weighted by molar-refractivity contribution is -0.126. The highest BCUT2D eigenvalue weighted by Gasteiger charge is 2.28. The minimum atomic E-state index is -0.233. The average molecular weight is 363 g/mol. The van der Waals surface area contributed by atoms with Crippen molar-refractivity contribution in [3.05, 3.63) is 35.6 Å². The Balaban J connectivity index is 1.85. The van der Waals surface area contributed by atoms with Crippen molar-refractivity contribution in [2.75, 3.05) is 6.54 Å². The second-order valence-corrected chi connectivity index (χ2v) is 8.31. The van der Waals surface area contributed by atoms with Gasteiger partial charge in [0.15, 0.2) is 0 Å². The van der Waals surface area contributed by atoms with Gasteiger partial charge in [-0.1, -0.05) is 58.1 Å². The first-order valence-electron chi connectivity index (χ1n) is 10.2. The normalized spacial score (nSPS) is 17.9.